The maximum Gasteiger partial charge on any atom is 0.443 e. The lowest BCUT2D eigenvalue weighted by Gasteiger charge is -2.33. The number of carbonyl (C=O) groups is 2. The lowest BCUT2D eigenvalue weighted by atomic mass is 10.00. The van der Waals surface area contributed by atoms with E-state index in [4.69, 9.17) is 14.6 Å². The van der Waals surface area contributed by atoms with E-state index in [0.29, 0.717) is 23.6 Å². The number of alkyl halides is 3. The number of hydrogen-bond donors (Lipinski definition) is 1. The SMILES string of the molecule is CC(CN1CC(=O)OC(c2csc(C(F)(F)F)n2)C1)c1ccc(OCC(=O)O)cc1. The average molecular weight is 444 g/mol. The van der Waals surface area contributed by atoms with Crippen LogP contribution in [0.3, 0.4) is 0 Å². The maximum absolute atomic E-state index is 12.8. The number of cyclic esters (lactones) is 1. The molecule has 162 valence electrons. The van der Waals surface area contributed by atoms with Crippen molar-refractivity contribution in [2.75, 3.05) is 26.2 Å². The minimum absolute atomic E-state index is 0.00578. The predicted octanol–water partition coefficient (Wildman–Crippen LogP) is 3.33. The van der Waals surface area contributed by atoms with E-state index in [1.165, 1.54) is 5.38 Å². The molecule has 1 fully saturated rings. The second kappa shape index (κ2) is 9.00. The molecule has 30 heavy (non-hydrogen) atoms. The number of hydrogen-bond acceptors (Lipinski definition) is 7. The lowest BCUT2D eigenvalue weighted by molar-refractivity contribution is -0.159. The van der Waals surface area contributed by atoms with E-state index < -0.39 is 35.8 Å². The van der Waals surface area contributed by atoms with Gasteiger partial charge in [0.05, 0.1) is 12.2 Å². The molecule has 2 atom stereocenters. The number of carbonyl (C=O) groups excluding carboxylic acids is 1. The molecule has 0 aliphatic carbocycles. The van der Waals surface area contributed by atoms with Gasteiger partial charge in [0.1, 0.15) is 5.75 Å². The van der Waals surface area contributed by atoms with E-state index >= 15 is 0 Å². The Morgan fingerprint density at radius 3 is 2.70 bits per heavy atom. The normalized spacial score (nSPS) is 18.7. The summed E-state index contributed by atoms with van der Waals surface area (Å²) in [5.74, 6) is -1.15. The molecule has 2 aromatic rings. The fraction of sp³-hybridized carbons (Fsp3) is 0.421. The van der Waals surface area contributed by atoms with Crippen LogP contribution in [0.2, 0.25) is 0 Å². The van der Waals surface area contributed by atoms with Crippen molar-refractivity contribution in [1.82, 2.24) is 9.88 Å². The molecule has 1 aliphatic heterocycles. The summed E-state index contributed by atoms with van der Waals surface area (Å²) in [4.78, 5) is 27.9. The molecule has 2 heterocycles. The van der Waals surface area contributed by atoms with Gasteiger partial charge in [-0.2, -0.15) is 13.2 Å². The quantitative estimate of drug-likeness (QED) is 0.656. The number of thiazole rings is 1. The van der Waals surface area contributed by atoms with Crippen LogP contribution in [0.15, 0.2) is 29.6 Å². The Hall–Kier alpha value is -2.66. The number of aromatic nitrogens is 1. The highest BCUT2D eigenvalue weighted by Gasteiger charge is 2.37. The Kier molecular flexibility index (Phi) is 6.61. The van der Waals surface area contributed by atoms with Crippen LogP contribution in [0.25, 0.3) is 0 Å². The third-order valence-electron chi connectivity index (χ3n) is 4.49. The third-order valence-corrected chi connectivity index (χ3v) is 5.39. The number of esters is 1. The van der Waals surface area contributed by atoms with Gasteiger partial charge in [0, 0.05) is 18.5 Å². The van der Waals surface area contributed by atoms with Crippen LogP contribution in [0.5, 0.6) is 5.75 Å². The van der Waals surface area contributed by atoms with E-state index in [0.717, 1.165) is 5.56 Å². The number of aliphatic carboxylic acids is 1. The summed E-state index contributed by atoms with van der Waals surface area (Å²) in [5.41, 5.74) is 1.04. The molecule has 1 N–H and O–H groups in total. The molecule has 7 nitrogen and oxygen atoms in total. The first-order valence-electron chi connectivity index (χ1n) is 9.01. The van der Waals surface area contributed by atoms with Crippen LogP contribution in [0.4, 0.5) is 13.2 Å². The van der Waals surface area contributed by atoms with E-state index in [9.17, 15) is 22.8 Å². The number of ether oxygens (including phenoxy) is 2. The molecule has 1 saturated heterocycles. The van der Waals surface area contributed by atoms with Crippen molar-refractivity contribution in [3.05, 3.63) is 45.9 Å². The van der Waals surface area contributed by atoms with Gasteiger partial charge in [-0.25, -0.2) is 9.78 Å². The van der Waals surface area contributed by atoms with Gasteiger partial charge in [-0.1, -0.05) is 19.1 Å². The highest BCUT2D eigenvalue weighted by atomic mass is 32.1. The zero-order valence-corrected chi connectivity index (χ0v) is 16.7. The molecular formula is C19H19F3N2O5S. The summed E-state index contributed by atoms with van der Waals surface area (Å²) in [6.07, 6.45) is -5.38. The standard InChI is InChI=1S/C19H19F3N2O5S/c1-11(12-2-4-13(5-3-12)28-9-16(25)26)6-24-7-15(29-17(27)8-24)14-10-30-18(23-14)19(20,21)22/h2-5,10-11,15H,6-9H2,1H3,(H,25,26). The average Bonchev–Trinajstić information content (AvgIpc) is 3.17. The third kappa shape index (κ3) is 5.70. The summed E-state index contributed by atoms with van der Waals surface area (Å²) in [5, 5.41) is 8.94. The molecule has 1 aromatic heterocycles. The number of carboxylic acid groups (broad SMARTS) is 1. The van der Waals surface area contributed by atoms with Gasteiger partial charge in [-0.05, 0) is 23.6 Å². The van der Waals surface area contributed by atoms with E-state index in [-0.39, 0.29) is 24.7 Å². The summed E-state index contributed by atoms with van der Waals surface area (Å²) < 4.78 is 48.7. The van der Waals surface area contributed by atoms with E-state index in [2.05, 4.69) is 4.98 Å². The van der Waals surface area contributed by atoms with Crippen LogP contribution < -0.4 is 4.74 Å². The maximum atomic E-state index is 12.8. The second-order valence-corrected chi connectivity index (χ2v) is 7.76. The van der Waals surface area contributed by atoms with Gasteiger partial charge in [0.2, 0.25) is 0 Å². The molecule has 0 spiro atoms. The van der Waals surface area contributed by atoms with Gasteiger partial charge in [-0.3, -0.25) is 9.69 Å². The molecule has 0 amide bonds. The number of carboxylic acids is 1. The van der Waals surface area contributed by atoms with Gasteiger partial charge in [-0.15, -0.1) is 11.3 Å². The first-order valence-corrected chi connectivity index (χ1v) is 9.89. The van der Waals surface area contributed by atoms with Gasteiger partial charge in [0.15, 0.2) is 17.7 Å². The van der Waals surface area contributed by atoms with Crippen LogP contribution in [-0.2, 0) is 20.5 Å². The molecule has 0 saturated carbocycles. The molecule has 0 bridgehead atoms. The van der Waals surface area contributed by atoms with Crippen LogP contribution >= 0.6 is 11.3 Å². The van der Waals surface area contributed by atoms with Gasteiger partial charge < -0.3 is 14.6 Å². The zero-order valence-electron chi connectivity index (χ0n) is 15.9. The van der Waals surface area contributed by atoms with Crippen LogP contribution in [-0.4, -0.2) is 53.2 Å². The molecular weight excluding hydrogens is 425 g/mol. The summed E-state index contributed by atoms with van der Waals surface area (Å²) in [6.45, 7) is 2.29. The predicted molar refractivity (Wildman–Crippen MR) is 100 cm³/mol. The Morgan fingerprint density at radius 2 is 2.10 bits per heavy atom. The molecule has 2 unspecified atom stereocenters. The fourth-order valence-corrected chi connectivity index (χ4v) is 3.83. The van der Waals surface area contributed by atoms with E-state index in [1.54, 1.807) is 24.3 Å². The van der Waals surface area contributed by atoms with Gasteiger partial charge >= 0.3 is 18.1 Å². The highest BCUT2D eigenvalue weighted by Crippen LogP contribution is 2.34. The van der Waals surface area contributed by atoms with E-state index in [1.807, 2.05) is 11.8 Å². The van der Waals surface area contributed by atoms with Crippen LogP contribution in [0, 0.1) is 0 Å². The Morgan fingerprint density at radius 1 is 1.40 bits per heavy atom. The van der Waals surface area contributed by atoms with Gasteiger partial charge in [0.25, 0.3) is 0 Å². The van der Waals surface area contributed by atoms with Crippen molar-refractivity contribution in [3.8, 4) is 5.75 Å². The number of rotatable bonds is 7. The monoisotopic (exact) mass is 444 g/mol. The topological polar surface area (TPSA) is 89.0 Å². The zero-order chi connectivity index (χ0) is 21.9. The Balaban J connectivity index is 1.62. The molecule has 3 rings (SSSR count). The summed E-state index contributed by atoms with van der Waals surface area (Å²) in [7, 11) is 0. The summed E-state index contributed by atoms with van der Waals surface area (Å²) >= 11 is 0.476. The van der Waals surface area contributed by atoms with Crippen molar-refractivity contribution in [3.63, 3.8) is 0 Å². The first kappa shape index (κ1) is 22.0. The Labute approximate surface area is 174 Å². The number of halogens is 3. The number of morpholine rings is 1. The molecule has 1 aliphatic rings. The minimum atomic E-state index is -4.53. The largest absolute Gasteiger partial charge is 0.482 e. The van der Waals surface area contributed by atoms with Crippen molar-refractivity contribution in [2.24, 2.45) is 0 Å². The Bertz CT molecular complexity index is 900. The number of nitrogens with zero attached hydrogens (tertiary/aromatic N) is 2. The minimum Gasteiger partial charge on any atom is -0.482 e. The molecule has 1 aromatic carbocycles. The molecule has 0 radical (unpaired) electrons. The lowest BCUT2D eigenvalue weighted by Crippen LogP contribution is -2.43. The molecule has 11 heteroatoms. The number of benzene rings is 1. The fourth-order valence-electron chi connectivity index (χ4n) is 3.10. The van der Waals surface area contributed by atoms with Crippen LogP contribution in [0.1, 0.15) is 35.2 Å². The summed E-state index contributed by atoms with van der Waals surface area (Å²) in [6, 6.07) is 6.93. The van der Waals surface area contributed by atoms with Crippen molar-refractivity contribution in [1.29, 1.82) is 0 Å². The first-order chi connectivity index (χ1) is 14.1. The van der Waals surface area contributed by atoms with Crippen molar-refractivity contribution >= 4 is 23.3 Å². The highest BCUT2D eigenvalue weighted by molar-refractivity contribution is 7.09. The van der Waals surface area contributed by atoms with Crippen molar-refractivity contribution < 1.29 is 37.3 Å². The van der Waals surface area contributed by atoms with Crippen molar-refractivity contribution in [2.45, 2.75) is 25.1 Å². The smallest absolute Gasteiger partial charge is 0.443 e. The second-order valence-electron chi connectivity index (χ2n) is 6.90.